The Morgan fingerprint density at radius 1 is 0.771 bits per heavy atom. The molecule has 35 heavy (non-hydrogen) atoms. The molecule has 5 aromatic rings. The summed E-state index contributed by atoms with van der Waals surface area (Å²) in [5, 5.41) is 7.57. The molecule has 0 saturated heterocycles. The topological polar surface area (TPSA) is 97.7 Å². The van der Waals surface area contributed by atoms with E-state index in [-0.39, 0.29) is 0 Å². The minimum absolute atomic E-state index is 0.534. The fraction of sp³-hybridized carbons (Fsp3) is 0.148. The van der Waals surface area contributed by atoms with Crippen LogP contribution in [0.3, 0.4) is 0 Å². The van der Waals surface area contributed by atoms with Crippen LogP contribution in [0.15, 0.2) is 85.3 Å². The molecule has 0 spiro atoms. The quantitative estimate of drug-likeness (QED) is 0.300. The number of ether oxygens (including phenoxy) is 1. The summed E-state index contributed by atoms with van der Waals surface area (Å²) in [5.74, 6) is 1.82. The van der Waals surface area contributed by atoms with E-state index in [1.54, 1.807) is 25.7 Å². The van der Waals surface area contributed by atoms with Gasteiger partial charge in [-0.25, -0.2) is 19.9 Å². The van der Waals surface area contributed by atoms with Crippen LogP contribution in [0.1, 0.15) is 5.69 Å². The number of hydrogen-bond donors (Lipinski definition) is 2. The zero-order valence-corrected chi connectivity index (χ0v) is 19.3. The minimum Gasteiger partial charge on any atom is -0.383 e. The molecule has 2 N–H and O–H groups in total. The fourth-order valence-corrected chi connectivity index (χ4v) is 3.78. The zero-order valence-electron chi connectivity index (χ0n) is 19.3. The average Bonchev–Trinajstić information content (AvgIpc) is 2.93. The lowest BCUT2D eigenvalue weighted by Crippen LogP contribution is -2.10. The van der Waals surface area contributed by atoms with Crippen LogP contribution >= 0.6 is 0 Å². The number of rotatable bonds is 9. The Morgan fingerprint density at radius 2 is 1.60 bits per heavy atom. The molecule has 0 saturated carbocycles. The number of nitrogens with one attached hydrogen (secondary N) is 2. The average molecular weight is 464 g/mol. The van der Waals surface area contributed by atoms with E-state index in [0.717, 1.165) is 39.1 Å². The Kier molecular flexibility index (Phi) is 6.82. The molecule has 0 amide bonds. The maximum Gasteiger partial charge on any atom is 0.222 e. The number of methoxy groups -OCH3 is 1. The van der Waals surface area contributed by atoms with Gasteiger partial charge in [-0.3, -0.25) is 4.98 Å². The van der Waals surface area contributed by atoms with Gasteiger partial charge in [0.25, 0.3) is 0 Å². The van der Waals surface area contributed by atoms with E-state index in [0.29, 0.717) is 31.5 Å². The molecule has 5 rings (SSSR count). The molecule has 0 atom stereocenters. The summed E-state index contributed by atoms with van der Waals surface area (Å²) in [6.07, 6.45) is 5.25. The van der Waals surface area contributed by atoms with Gasteiger partial charge in [-0.1, -0.05) is 48.5 Å². The molecule has 0 bridgehead atoms. The highest BCUT2D eigenvalue weighted by atomic mass is 16.5. The Balaban J connectivity index is 1.56. The second-order valence-corrected chi connectivity index (χ2v) is 7.85. The Morgan fingerprint density at radius 3 is 2.37 bits per heavy atom. The highest BCUT2D eigenvalue weighted by Crippen LogP contribution is 2.34. The number of aromatic nitrogens is 5. The molecule has 0 radical (unpaired) electrons. The summed E-state index contributed by atoms with van der Waals surface area (Å²) in [6, 6.07) is 22.2. The number of nitrogens with zero attached hydrogens (tertiary/aromatic N) is 5. The van der Waals surface area contributed by atoms with Crippen LogP contribution in [0.5, 0.6) is 0 Å². The van der Waals surface area contributed by atoms with Crippen molar-refractivity contribution < 1.29 is 4.74 Å². The fourth-order valence-electron chi connectivity index (χ4n) is 3.78. The van der Waals surface area contributed by atoms with Crippen molar-refractivity contribution in [3.8, 4) is 22.5 Å². The van der Waals surface area contributed by atoms with Gasteiger partial charge in [-0.2, -0.15) is 0 Å². The van der Waals surface area contributed by atoms with E-state index in [1.807, 2.05) is 48.5 Å². The maximum absolute atomic E-state index is 5.06. The van der Waals surface area contributed by atoms with Gasteiger partial charge in [0.1, 0.15) is 5.82 Å². The highest BCUT2D eigenvalue weighted by molar-refractivity contribution is 6.02. The first-order chi connectivity index (χ1) is 17.3. The number of hydrogen-bond acceptors (Lipinski definition) is 8. The predicted molar refractivity (Wildman–Crippen MR) is 138 cm³/mol. The normalized spacial score (nSPS) is 10.9. The van der Waals surface area contributed by atoms with E-state index in [4.69, 9.17) is 14.7 Å². The number of anilines is 2. The minimum atomic E-state index is 0.534. The van der Waals surface area contributed by atoms with Gasteiger partial charge in [0.2, 0.25) is 5.95 Å². The summed E-state index contributed by atoms with van der Waals surface area (Å²) in [6.45, 7) is 1.74. The van der Waals surface area contributed by atoms with Gasteiger partial charge in [-0.05, 0) is 29.3 Å². The third-order valence-corrected chi connectivity index (χ3v) is 5.47. The second kappa shape index (κ2) is 10.7. The van der Waals surface area contributed by atoms with Gasteiger partial charge >= 0.3 is 0 Å². The molecule has 2 aromatic carbocycles. The standard InChI is InChI=1S/C27H25N7O/c1-35-15-14-29-27-31-16-20(17-32-27)25-33-23-12-7-11-22(19-8-3-2-4-9-19)24(23)26(34-25)30-18-21-10-5-6-13-28-21/h2-13,16-17H,14-15,18H2,1H3,(H,29,31,32)(H,30,33,34). The van der Waals surface area contributed by atoms with Crippen molar-refractivity contribution in [3.05, 3.63) is 91.0 Å². The first-order valence-corrected chi connectivity index (χ1v) is 11.4. The molecule has 0 aliphatic carbocycles. The maximum atomic E-state index is 5.06. The van der Waals surface area contributed by atoms with E-state index in [1.165, 1.54) is 0 Å². The van der Waals surface area contributed by atoms with Crippen LogP contribution in [0.2, 0.25) is 0 Å². The molecule has 0 fully saturated rings. The lowest BCUT2D eigenvalue weighted by atomic mass is 10.0. The molecule has 8 heteroatoms. The molecule has 3 aromatic heterocycles. The first-order valence-electron chi connectivity index (χ1n) is 11.4. The third-order valence-electron chi connectivity index (χ3n) is 5.47. The molecule has 174 valence electrons. The van der Waals surface area contributed by atoms with Crippen molar-refractivity contribution in [2.45, 2.75) is 6.54 Å². The van der Waals surface area contributed by atoms with Crippen molar-refractivity contribution in [3.63, 3.8) is 0 Å². The monoisotopic (exact) mass is 463 g/mol. The van der Waals surface area contributed by atoms with Crippen LogP contribution in [-0.2, 0) is 11.3 Å². The van der Waals surface area contributed by atoms with Crippen molar-refractivity contribution in [1.29, 1.82) is 0 Å². The summed E-state index contributed by atoms with van der Waals surface area (Å²) < 4.78 is 5.06. The molecular weight excluding hydrogens is 438 g/mol. The SMILES string of the molecule is COCCNc1ncc(-c2nc(NCc3ccccn3)c3c(-c4ccccc4)cccc3n2)cn1. The zero-order chi connectivity index (χ0) is 23.9. The molecule has 0 aliphatic heterocycles. The lowest BCUT2D eigenvalue weighted by molar-refractivity contribution is 0.210. The second-order valence-electron chi connectivity index (χ2n) is 7.85. The van der Waals surface area contributed by atoms with E-state index >= 15 is 0 Å². The number of pyridine rings is 1. The van der Waals surface area contributed by atoms with E-state index in [2.05, 4.69) is 43.8 Å². The van der Waals surface area contributed by atoms with Crippen molar-refractivity contribution in [2.75, 3.05) is 30.9 Å². The van der Waals surface area contributed by atoms with Crippen LogP contribution in [-0.4, -0.2) is 45.2 Å². The van der Waals surface area contributed by atoms with Gasteiger partial charge < -0.3 is 15.4 Å². The summed E-state index contributed by atoms with van der Waals surface area (Å²) in [7, 11) is 1.66. The molecule has 0 unspecified atom stereocenters. The Hall–Kier alpha value is -4.43. The Bertz CT molecular complexity index is 1390. The lowest BCUT2D eigenvalue weighted by Gasteiger charge is -2.14. The van der Waals surface area contributed by atoms with Crippen LogP contribution in [0, 0.1) is 0 Å². The highest BCUT2D eigenvalue weighted by Gasteiger charge is 2.15. The van der Waals surface area contributed by atoms with Crippen LogP contribution in [0.4, 0.5) is 11.8 Å². The smallest absolute Gasteiger partial charge is 0.222 e. The van der Waals surface area contributed by atoms with Crippen molar-refractivity contribution in [2.24, 2.45) is 0 Å². The third kappa shape index (κ3) is 5.23. The van der Waals surface area contributed by atoms with Crippen molar-refractivity contribution in [1.82, 2.24) is 24.9 Å². The van der Waals surface area contributed by atoms with Crippen LogP contribution in [0.25, 0.3) is 33.4 Å². The van der Waals surface area contributed by atoms with E-state index < -0.39 is 0 Å². The molecular formula is C27H25N7O. The largest absolute Gasteiger partial charge is 0.383 e. The Labute approximate surface area is 203 Å². The van der Waals surface area contributed by atoms with E-state index in [9.17, 15) is 0 Å². The summed E-state index contributed by atoms with van der Waals surface area (Å²) in [4.78, 5) is 23.0. The predicted octanol–water partition coefficient (Wildman–Crippen LogP) is 4.82. The van der Waals surface area contributed by atoms with Crippen LogP contribution < -0.4 is 10.6 Å². The van der Waals surface area contributed by atoms with Crippen molar-refractivity contribution >= 4 is 22.7 Å². The summed E-state index contributed by atoms with van der Waals surface area (Å²) >= 11 is 0. The molecule has 3 heterocycles. The number of fused-ring (bicyclic) bond motifs is 1. The van der Waals surface area contributed by atoms with Gasteiger partial charge in [0.15, 0.2) is 5.82 Å². The molecule has 8 nitrogen and oxygen atoms in total. The molecule has 0 aliphatic rings. The van der Waals surface area contributed by atoms with Gasteiger partial charge in [-0.15, -0.1) is 0 Å². The number of benzene rings is 2. The van der Waals surface area contributed by atoms with Gasteiger partial charge in [0.05, 0.1) is 35.3 Å². The first kappa shape index (κ1) is 22.4. The summed E-state index contributed by atoms with van der Waals surface area (Å²) in [5.41, 5.74) is 4.66. The van der Waals surface area contributed by atoms with Gasteiger partial charge in [0, 0.05) is 32.2 Å².